The minimum atomic E-state index is -0.458. The molecular formula is C14H17ClN2O2. The van der Waals surface area contributed by atoms with Crippen molar-refractivity contribution in [1.29, 1.82) is 5.26 Å². The number of nitriles is 1. The summed E-state index contributed by atoms with van der Waals surface area (Å²) in [5.74, 6) is -0.297. The van der Waals surface area contributed by atoms with Gasteiger partial charge in [0.15, 0.2) is 0 Å². The molecule has 0 bridgehead atoms. The van der Waals surface area contributed by atoms with E-state index in [9.17, 15) is 4.79 Å². The van der Waals surface area contributed by atoms with Gasteiger partial charge in [0.2, 0.25) is 0 Å². The van der Waals surface area contributed by atoms with Crippen molar-refractivity contribution in [2.75, 3.05) is 11.9 Å². The number of nitrogens with one attached hydrogen (secondary N) is 1. The molecule has 1 atom stereocenters. The zero-order valence-electron chi connectivity index (χ0n) is 11.1. The van der Waals surface area contributed by atoms with Gasteiger partial charge in [-0.05, 0) is 31.5 Å². The minimum Gasteiger partial charge on any atom is -0.464 e. The number of rotatable bonds is 6. The first-order valence-corrected chi connectivity index (χ1v) is 6.59. The first-order valence-electron chi connectivity index (χ1n) is 6.21. The number of ether oxygens (including phenoxy) is 1. The normalized spacial score (nSPS) is 11.5. The van der Waals surface area contributed by atoms with E-state index in [2.05, 4.69) is 5.32 Å². The second kappa shape index (κ2) is 7.65. The van der Waals surface area contributed by atoms with E-state index in [1.807, 2.05) is 13.0 Å². The largest absolute Gasteiger partial charge is 0.464 e. The third kappa shape index (κ3) is 4.80. The summed E-state index contributed by atoms with van der Waals surface area (Å²) in [5.41, 5.74) is 1.09. The number of esters is 1. The number of nitrogens with zero attached hydrogens (tertiary/aromatic N) is 1. The van der Waals surface area contributed by atoms with E-state index in [4.69, 9.17) is 21.6 Å². The molecule has 0 radical (unpaired) electrons. The molecule has 0 saturated heterocycles. The Kier molecular flexibility index (Phi) is 6.17. The molecule has 1 rings (SSSR count). The fourth-order valence-electron chi connectivity index (χ4n) is 1.45. The highest BCUT2D eigenvalue weighted by Crippen LogP contribution is 2.20. The number of halogens is 1. The third-order valence-electron chi connectivity index (χ3n) is 2.57. The van der Waals surface area contributed by atoms with Crippen LogP contribution in [0.4, 0.5) is 5.69 Å². The number of carbonyl (C=O) groups excluding carboxylic acids is 1. The molecule has 0 unspecified atom stereocenters. The predicted octanol–water partition coefficient (Wildman–Crippen LogP) is 3.36. The zero-order valence-corrected chi connectivity index (χ0v) is 11.8. The molecule has 0 saturated carbocycles. The summed E-state index contributed by atoms with van der Waals surface area (Å²) in [6.07, 6.45) is 1.85. The topological polar surface area (TPSA) is 62.1 Å². The first-order chi connectivity index (χ1) is 9.08. The zero-order chi connectivity index (χ0) is 14.3. The summed E-state index contributed by atoms with van der Waals surface area (Å²) >= 11 is 5.92. The van der Waals surface area contributed by atoms with Crippen LogP contribution in [0.5, 0.6) is 0 Å². The first kappa shape index (κ1) is 15.3. The van der Waals surface area contributed by atoms with Crippen LogP contribution < -0.4 is 5.32 Å². The maximum Gasteiger partial charge on any atom is 0.328 e. The average Bonchev–Trinajstić information content (AvgIpc) is 2.39. The second-order valence-corrected chi connectivity index (χ2v) is 4.60. The molecule has 0 heterocycles. The quantitative estimate of drug-likeness (QED) is 0.641. The van der Waals surface area contributed by atoms with Crippen LogP contribution in [0.3, 0.4) is 0 Å². The van der Waals surface area contributed by atoms with Gasteiger partial charge in [0.05, 0.1) is 17.2 Å². The summed E-state index contributed by atoms with van der Waals surface area (Å²) in [5, 5.41) is 12.1. The summed E-state index contributed by atoms with van der Waals surface area (Å²) in [7, 11) is 0. The van der Waals surface area contributed by atoms with Crippen molar-refractivity contribution >= 4 is 23.3 Å². The molecule has 0 amide bonds. The molecule has 102 valence electrons. The number of benzene rings is 1. The maximum atomic E-state index is 11.7. The average molecular weight is 281 g/mol. The van der Waals surface area contributed by atoms with Gasteiger partial charge in [0.25, 0.3) is 0 Å². The molecule has 1 aromatic carbocycles. The van der Waals surface area contributed by atoms with Gasteiger partial charge in [-0.1, -0.05) is 24.9 Å². The Morgan fingerprint density at radius 2 is 2.32 bits per heavy atom. The van der Waals surface area contributed by atoms with Gasteiger partial charge in [-0.25, -0.2) is 4.79 Å². The van der Waals surface area contributed by atoms with E-state index in [-0.39, 0.29) is 5.97 Å². The van der Waals surface area contributed by atoms with Crippen LogP contribution in [0.1, 0.15) is 32.3 Å². The summed E-state index contributed by atoms with van der Waals surface area (Å²) in [6.45, 7) is 4.20. The Hall–Kier alpha value is -1.73. The van der Waals surface area contributed by atoms with Crippen LogP contribution in [0.15, 0.2) is 18.2 Å². The van der Waals surface area contributed by atoms with Crippen molar-refractivity contribution in [3.05, 3.63) is 28.8 Å². The highest BCUT2D eigenvalue weighted by molar-refractivity contribution is 6.32. The Morgan fingerprint density at radius 1 is 1.58 bits per heavy atom. The molecule has 4 nitrogen and oxygen atoms in total. The fraction of sp³-hybridized carbons (Fsp3) is 0.429. The minimum absolute atomic E-state index is 0.297. The van der Waals surface area contributed by atoms with Crippen LogP contribution in [0.25, 0.3) is 0 Å². The van der Waals surface area contributed by atoms with Crippen molar-refractivity contribution in [3.63, 3.8) is 0 Å². The van der Waals surface area contributed by atoms with Crippen molar-refractivity contribution < 1.29 is 9.53 Å². The predicted molar refractivity (Wildman–Crippen MR) is 75.1 cm³/mol. The number of unbranched alkanes of at least 4 members (excludes halogenated alkanes) is 1. The molecule has 0 aliphatic rings. The van der Waals surface area contributed by atoms with Gasteiger partial charge in [-0.15, -0.1) is 0 Å². The molecule has 5 heteroatoms. The lowest BCUT2D eigenvalue weighted by Gasteiger charge is -2.14. The summed E-state index contributed by atoms with van der Waals surface area (Å²) in [6, 6.07) is 6.46. The Morgan fingerprint density at radius 3 is 2.89 bits per heavy atom. The van der Waals surface area contributed by atoms with Crippen molar-refractivity contribution in [2.45, 2.75) is 32.7 Å². The molecule has 0 aliphatic heterocycles. The van der Waals surface area contributed by atoms with E-state index in [0.717, 1.165) is 12.8 Å². The highest BCUT2D eigenvalue weighted by atomic mass is 35.5. The van der Waals surface area contributed by atoms with Crippen LogP contribution in [0, 0.1) is 11.3 Å². The standard InChI is InChI=1S/C14H17ClN2O2/c1-3-4-7-19-14(18)10(2)17-12-6-5-11(9-16)13(15)8-12/h5-6,8,10,17H,3-4,7H2,1-2H3/t10-/m0/s1. The molecule has 0 spiro atoms. The summed E-state index contributed by atoms with van der Waals surface area (Å²) < 4.78 is 5.10. The molecule has 19 heavy (non-hydrogen) atoms. The van der Waals surface area contributed by atoms with Crippen molar-refractivity contribution in [2.24, 2.45) is 0 Å². The van der Waals surface area contributed by atoms with Gasteiger partial charge in [-0.2, -0.15) is 5.26 Å². The van der Waals surface area contributed by atoms with Crippen LogP contribution in [-0.4, -0.2) is 18.6 Å². The molecule has 0 fully saturated rings. The lowest BCUT2D eigenvalue weighted by atomic mass is 10.2. The molecule has 0 aliphatic carbocycles. The second-order valence-electron chi connectivity index (χ2n) is 4.19. The van der Waals surface area contributed by atoms with Crippen LogP contribution >= 0.6 is 11.6 Å². The van der Waals surface area contributed by atoms with Crippen molar-refractivity contribution in [3.8, 4) is 6.07 Å². The third-order valence-corrected chi connectivity index (χ3v) is 2.88. The monoisotopic (exact) mass is 280 g/mol. The van der Waals surface area contributed by atoms with E-state index in [1.54, 1.807) is 25.1 Å². The lowest BCUT2D eigenvalue weighted by Crippen LogP contribution is -2.28. The van der Waals surface area contributed by atoms with Gasteiger partial charge in [-0.3, -0.25) is 0 Å². The summed E-state index contributed by atoms with van der Waals surface area (Å²) in [4.78, 5) is 11.7. The number of anilines is 1. The van der Waals surface area contributed by atoms with E-state index in [1.165, 1.54) is 0 Å². The molecule has 0 aromatic heterocycles. The number of hydrogen-bond acceptors (Lipinski definition) is 4. The van der Waals surface area contributed by atoms with Gasteiger partial charge in [0, 0.05) is 5.69 Å². The smallest absolute Gasteiger partial charge is 0.328 e. The Balaban J connectivity index is 2.57. The molecule has 1 N–H and O–H groups in total. The Labute approximate surface area is 118 Å². The van der Waals surface area contributed by atoms with Gasteiger partial charge in [0.1, 0.15) is 12.1 Å². The van der Waals surface area contributed by atoms with Crippen LogP contribution in [-0.2, 0) is 9.53 Å². The van der Waals surface area contributed by atoms with E-state index >= 15 is 0 Å². The fourth-order valence-corrected chi connectivity index (χ4v) is 1.67. The Bertz CT molecular complexity index is 483. The highest BCUT2D eigenvalue weighted by Gasteiger charge is 2.14. The van der Waals surface area contributed by atoms with Gasteiger partial charge < -0.3 is 10.1 Å². The van der Waals surface area contributed by atoms with Crippen molar-refractivity contribution in [1.82, 2.24) is 0 Å². The SMILES string of the molecule is CCCCOC(=O)[C@H](C)Nc1ccc(C#N)c(Cl)c1. The molecule has 1 aromatic rings. The van der Waals surface area contributed by atoms with E-state index < -0.39 is 6.04 Å². The lowest BCUT2D eigenvalue weighted by molar-refractivity contribution is -0.144. The molecular weight excluding hydrogens is 264 g/mol. The maximum absolute atomic E-state index is 11.7. The van der Waals surface area contributed by atoms with Crippen LogP contribution in [0.2, 0.25) is 5.02 Å². The van der Waals surface area contributed by atoms with Gasteiger partial charge >= 0.3 is 5.97 Å². The number of hydrogen-bond donors (Lipinski definition) is 1. The number of carbonyl (C=O) groups is 1. The van der Waals surface area contributed by atoms with E-state index in [0.29, 0.717) is 22.9 Å².